The van der Waals surface area contributed by atoms with Crippen molar-refractivity contribution in [2.45, 2.75) is 39.0 Å². The van der Waals surface area contributed by atoms with Crippen LogP contribution in [0.2, 0.25) is 0 Å². The third-order valence-corrected chi connectivity index (χ3v) is 5.78. The third-order valence-electron chi connectivity index (χ3n) is 5.78. The quantitative estimate of drug-likeness (QED) is 0.843. The lowest BCUT2D eigenvalue weighted by Crippen LogP contribution is -2.37. The van der Waals surface area contributed by atoms with Crippen LogP contribution in [0, 0.1) is 11.8 Å². The highest BCUT2D eigenvalue weighted by Crippen LogP contribution is 2.26. The zero-order valence-corrected chi connectivity index (χ0v) is 15.7. The van der Waals surface area contributed by atoms with Gasteiger partial charge in [0.25, 0.3) is 0 Å². The Morgan fingerprint density at radius 3 is 2.58 bits per heavy atom. The number of nitrogens with zero attached hydrogens (tertiary/aromatic N) is 5. The molecule has 0 spiro atoms. The van der Waals surface area contributed by atoms with Crippen LogP contribution < -0.4 is 9.80 Å². The summed E-state index contributed by atoms with van der Waals surface area (Å²) in [6.45, 7) is 6.53. The highest BCUT2D eigenvalue weighted by Gasteiger charge is 2.23. The van der Waals surface area contributed by atoms with Crippen LogP contribution in [-0.4, -0.2) is 41.4 Å². The van der Waals surface area contributed by atoms with Crippen LogP contribution in [0.5, 0.6) is 0 Å². The molecule has 2 aliphatic heterocycles. The van der Waals surface area contributed by atoms with Gasteiger partial charge in [0, 0.05) is 26.2 Å². The van der Waals surface area contributed by atoms with E-state index in [1.54, 1.807) is 0 Å². The molecule has 2 aliphatic rings. The predicted octanol–water partition coefficient (Wildman–Crippen LogP) is 3.57. The Labute approximate surface area is 156 Å². The third kappa shape index (κ3) is 4.14. The van der Waals surface area contributed by atoms with Crippen molar-refractivity contribution < 1.29 is 0 Å². The lowest BCUT2D eigenvalue weighted by Gasteiger charge is -2.34. The van der Waals surface area contributed by atoms with E-state index >= 15 is 0 Å². The fourth-order valence-electron chi connectivity index (χ4n) is 4.26. The van der Waals surface area contributed by atoms with E-state index in [-0.39, 0.29) is 0 Å². The van der Waals surface area contributed by atoms with Gasteiger partial charge in [0.1, 0.15) is 0 Å². The first kappa shape index (κ1) is 17.3. The second-order valence-corrected chi connectivity index (χ2v) is 7.93. The molecule has 1 unspecified atom stereocenters. The number of hydrogen-bond donors (Lipinski definition) is 0. The minimum atomic E-state index is 0.713. The van der Waals surface area contributed by atoms with Crippen LogP contribution in [-0.2, 0) is 6.42 Å². The zero-order chi connectivity index (χ0) is 17.8. The van der Waals surface area contributed by atoms with Crippen molar-refractivity contribution in [1.82, 2.24) is 15.2 Å². The van der Waals surface area contributed by atoms with Crippen LogP contribution in [0.3, 0.4) is 0 Å². The van der Waals surface area contributed by atoms with Crippen LogP contribution >= 0.6 is 0 Å². The molecule has 26 heavy (non-hydrogen) atoms. The maximum absolute atomic E-state index is 4.84. The first-order valence-corrected chi connectivity index (χ1v) is 10.0. The van der Waals surface area contributed by atoms with Gasteiger partial charge in [-0.15, -0.1) is 5.10 Å². The second-order valence-electron chi connectivity index (χ2n) is 7.93. The fourth-order valence-corrected chi connectivity index (χ4v) is 4.26. The molecule has 0 bridgehead atoms. The standard InChI is InChI=1S/C21H29N5/c1-17-6-5-11-26(16-17)21-23-20(15-22-24-21)25-12-9-19(10-13-25)14-18-7-3-2-4-8-18/h2-4,7-8,15,17,19H,5-6,9-14,16H2,1H3. The number of benzene rings is 1. The summed E-state index contributed by atoms with van der Waals surface area (Å²) in [4.78, 5) is 9.52. The Hall–Kier alpha value is -2.17. The van der Waals surface area contributed by atoms with Crippen LogP contribution in [0.4, 0.5) is 11.8 Å². The molecule has 0 aliphatic carbocycles. The minimum absolute atomic E-state index is 0.713. The Morgan fingerprint density at radius 1 is 1.00 bits per heavy atom. The summed E-state index contributed by atoms with van der Waals surface area (Å²) >= 11 is 0. The van der Waals surface area contributed by atoms with Crippen molar-refractivity contribution in [2.24, 2.45) is 11.8 Å². The Morgan fingerprint density at radius 2 is 1.81 bits per heavy atom. The van der Waals surface area contributed by atoms with Crippen molar-refractivity contribution in [1.29, 1.82) is 0 Å². The van der Waals surface area contributed by atoms with Crippen LogP contribution in [0.1, 0.15) is 38.2 Å². The molecule has 0 saturated carbocycles. The molecule has 2 aromatic rings. The SMILES string of the molecule is CC1CCCN(c2nncc(N3CCC(Cc4ccccc4)CC3)n2)C1. The maximum Gasteiger partial charge on any atom is 0.247 e. The number of hydrogen-bond acceptors (Lipinski definition) is 5. The molecule has 0 amide bonds. The van der Waals surface area contributed by atoms with E-state index in [2.05, 4.69) is 57.3 Å². The molecule has 2 fully saturated rings. The van der Waals surface area contributed by atoms with Crippen LogP contribution in [0.25, 0.3) is 0 Å². The minimum Gasteiger partial charge on any atom is -0.355 e. The van der Waals surface area contributed by atoms with Gasteiger partial charge in [-0.2, -0.15) is 10.1 Å². The predicted molar refractivity (Wildman–Crippen MR) is 106 cm³/mol. The first-order valence-electron chi connectivity index (χ1n) is 10.0. The molecule has 3 heterocycles. The number of aromatic nitrogens is 3. The van der Waals surface area contributed by atoms with Gasteiger partial charge < -0.3 is 9.80 Å². The van der Waals surface area contributed by atoms with E-state index < -0.39 is 0 Å². The molecular formula is C21H29N5. The molecule has 0 N–H and O–H groups in total. The van der Waals surface area contributed by atoms with Gasteiger partial charge in [0.05, 0.1) is 6.20 Å². The molecule has 1 atom stereocenters. The van der Waals surface area contributed by atoms with Crippen molar-refractivity contribution in [3.05, 3.63) is 42.1 Å². The van der Waals surface area contributed by atoms with Crippen molar-refractivity contribution in [3.63, 3.8) is 0 Å². The van der Waals surface area contributed by atoms with Gasteiger partial charge in [-0.25, -0.2) is 0 Å². The number of rotatable bonds is 4. The van der Waals surface area contributed by atoms with Gasteiger partial charge in [-0.1, -0.05) is 37.3 Å². The monoisotopic (exact) mass is 351 g/mol. The summed E-state index contributed by atoms with van der Waals surface area (Å²) in [6, 6.07) is 10.9. The molecule has 1 aromatic carbocycles. The molecule has 0 radical (unpaired) electrons. The van der Waals surface area contributed by atoms with Gasteiger partial charge in [-0.05, 0) is 49.5 Å². The molecule has 5 nitrogen and oxygen atoms in total. The van der Waals surface area contributed by atoms with Crippen molar-refractivity contribution in [2.75, 3.05) is 36.0 Å². The highest BCUT2D eigenvalue weighted by atomic mass is 15.4. The van der Waals surface area contributed by atoms with Gasteiger partial charge in [0.2, 0.25) is 5.95 Å². The van der Waals surface area contributed by atoms with E-state index in [9.17, 15) is 0 Å². The first-order chi connectivity index (χ1) is 12.8. The van der Waals surface area contributed by atoms with Crippen molar-refractivity contribution in [3.8, 4) is 0 Å². The molecule has 5 heteroatoms. The fraction of sp³-hybridized carbons (Fsp3) is 0.571. The van der Waals surface area contributed by atoms with Gasteiger partial charge in [0.15, 0.2) is 5.82 Å². The average Bonchev–Trinajstić information content (AvgIpc) is 2.69. The lowest BCUT2D eigenvalue weighted by molar-refractivity contribution is 0.401. The molecule has 1 aromatic heterocycles. The number of anilines is 2. The Kier molecular flexibility index (Phi) is 5.32. The Balaban J connectivity index is 1.36. The summed E-state index contributed by atoms with van der Waals surface area (Å²) in [6.07, 6.45) is 7.98. The lowest BCUT2D eigenvalue weighted by atomic mass is 9.90. The molecule has 4 rings (SSSR count). The summed E-state index contributed by atoms with van der Waals surface area (Å²) in [5, 5.41) is 8.55. The normalized spacial score (nSPS) is 21.8. The summed E-state index contributed by atoms with van der Waals surface area (Å²) in [7, 11) is 0. The number of piperidine rings is 2. The van der Waals surface area contributed by atoms with Crippen LogP contribution in [0.15, 0.2) is 36.5 Å². The summed E-state index contributed by atoms with van der Waals surface area (Å²) < 4.78 is 0. The van der Waals surface area contributed by atoms with Gasteiger partial charge >= 0.3 is 0 Å². The van der Waals surface area contributed by atoms with E-state index in [1.807, 2.05) is 6.20 Å². The zero-order valence-electron chi connectivity index (χ0n) is 15.7. The second kappa shape index (κ2) is 8.02. The Bertz CT molecular complexity index is 697. The van der Waals surface area contributed by atoms with Crippen molar-refractivity contribution >= 4 is 11.8 Å². The van der Waals surface area contributed by atoms with E-state index in [0.717, 1.165) is 43.9 Å². The summed E-state index contributed by atoms with van der Waals surface area (Å²) in [5.74, 6) is 3.28. The largest absolute Gasteiger partial charge is 0.355 e. The summed E-state index contributed by atoms with van der Waals surface area (Å²) in [5.41, 5.74) is 1.45. The van der Waals surface area contributed by atoms with E-state index in [4.69, 9.17) is 4.98 Å². The van der Waals surface area contributed by atoms with E-state index in [1.165, 1.54) is 37.7 Å². The molecule has 2 saturated heterocycles. The van der Waals surface area contributed by atoms with E-state index in [0.29, 0.717) is 5.92 Å². The topological polar surface area (TPSA) is 45.2 Å². The highest BCUT2D eigenvalue weighted by molar-refractivity contribution is 5.42. The molecule has 138 valence electrons. The molecular weight excluding hydrogens is 322 g/mol. The maximum atomic E-state index is 4.84. The smallest absolute Gasteiger partial charge is 0.247 e. The van der Waals surface area contributed by atoms with Gasteiger partial charge in [-0.3, -0.25) is 0 Å². The average molecular weight is 351 g/mol.